The molecular weight excluding hydrogens is 449 g/mol. The van der Waals surface area contributed by atoms with E-state index in [1.165, 1.54) is 11.3 Å². The lowest BCUT2D eigenvalue weighted by molar-refractivity contribution is -0.130. The van der Waals surface area contributed by atoms with E-state index in [4.69, 9.17) is 11.6 Å². The Hall–Kier alpha value is -1.40. The quantitative estimate of drug-likeness (QED) is 0.618. The molecule has 0 bridgehead atoms. The largest absolute Gasteiger partial charge is 0.369 e. The van der Waals surface area contributed by atoms with E-state index in [0.717, 1.165) is 74.3 Å². The monoisotopic (exact) mass is 479 g/mol. The third-order valence-corrected chi connectivity index (χ3v) is 7.22. The van der Waals surface area contributed by atoms with Crippen LogP contribution in [0.5, 0.6) is 0 Å². The van der Waals surface area contributed by atoms with E-state index in [1.807, 2.05) is 28.8 Å². The molecule has 0 atom stereocenters. The van der Waals surface area contributed by atoms with E-state index in [0.29, 0.717) is 6.42 Å². The highest BCUT2D eigenvalue weighted by Crippen LogP contribution is 2.19. The van der Waals surface area contributed by atoms with E-state index in [1.54, 1.807) is 0 Å². The maximum absolute atomic E-state index is 12.4. The molecule has 0 saturated carbocycles. The number of hydrogen-bond acceptors (Lipinski definition) is 4. The summed E-state index contributed by atoms with van der Waals surface area (Å²) in [4.78, 5) is 19.4. The van der Waals surface area contributed by atoms with Crippen molar-refractivity contribution in [3.63, 3.8) is 0 Å². The van der Waals surface area contributed by atoms with Crippen LogP contribution in [-0.2, 0) is 17.6 Å². The van der Waals surface area contributed by atoms with E-state index < -0.39 is 0 Å². The zero-order valence-corrected chi connectivity index (χ0v) is 20.2. The molecule has 2 aromatic rings. The second kappa shape index (κ2) is 12.0. The van der Waals surface area contributed by atoms with Crippen LogP contribution in [0.25, 0.3) is 0 Å². The Bertz CT molecular complexity index is 818. The SMILES string of the molecule is Cl.O=C(Cc1ccc(CCN2CCN(c3ccc(Cl)cc3)CC2)cc1)N1CCSCC1. The van der Waals surface area contributed by atoms with Crippen molar-refractivity contribution in [3.8, 4) is 0 Å². The molecule has 0 aromatic heterocycles. The van der Waals surface area contributed by atoms with Gasteiger partial charge in [0.2, 0.25) is 5.91 Å². The van der Waals surface area contributed by atoms with E-state index >= 15 is 0 Å². The zero-order chi connectivity index (χ0) is 20.8. The number of carbonyl (C=O) groups is 1. The van der Waals surface area contributed by atoms with Crippen LogP contribution in [0.1, 0.15) is 11.1 Å². The Balaban J connectivity index is 0.00000272. The molecule has 2 aliphatic heterocycles. The smallest absolute Gasteiger partial charge is 0.227 e. The topological polar surface area (TPSA) is 26.8 Å². The zero-order valence-electron chi connectivity index (χ0n) is 17.8. The van der Waals surface area contributed by atoms with Crippen LogP contribution < -0.4 is 4.90 Å². The van der Waals surface area contributed by atoms with E-state index in [2.05, 4.69) is 46.2 Å². The molecule has 168 valence electrons. The fourth-order valence-electron chi connectivity index (χ4n) is 4.09. The van der Waals surface area contributed by atoms with Gasteiger partial charge in [-0.2, -0.15) is 11.8 Å². The van der Waals surface area contributed by atoms with E-state index in [9.17, 15) is 4.79 Å². The number of thioether (sulfide) groups is 1. The lowest BCUT2D eigenvalue weighted by atomic mass is 10.1. The summed E-state index contributed by atoms with van der Waals surface area (Å²) < 4.78 is 0. The third-order valence-electron chi connectivity index (χ3n) is 6.02. The van der Waals surface area contributed by atoms with Gasteiger partial charge >= 0.3 is 0 Å². The second-order valence-corrected chi connectivity index (χ2v) is 9.70. The molecule has 2 heterocycles. The van der Waals surface area contributed by atoms with Crippen LogP contribution in [0.3, 0.4) is 0 Å². The van der Waals surface area contributed by atoms with E-state index in [-0.39, 0.29) is 18.3 Å². The van der Waals surface area contributed by atoms with Crippen molar-refractivity contribution in [2.24, 2.45) is 0 Å². The molecule has 2 aromatic carbocycles. The number of halogens is 2. The molecule has 2 saturated heterocycles. The van der Waals surface area contributed by atoms with Crippen LogP contribution in [0.4, 0.5) is 5.69 Å². The van der Waals surface area contributed by atoms with Crippen molar-refractivity contribution in [3.05, 3.63) is 64.7 Å². The minimum atomic E-state index is 0. The summed E-state index contributed by atoms with van der Waals surface area (Å²) in [5.41, 5.74) is 3.73. The lowest BCUT2D eigenvalue weighted by Gasteiger charge is -2.36. The second-order valence-electron chi connectivity index (χ2n) is 8.04. The van der Waals surface area contributed by atoms with Gasteiger partial charge < -0.3 is 9.80 Å². The average molecular weight is 481 g/mol. The standard InChI is InChI=1S/C24H30ClN3OS.ClH/c25-22-5-7-23(8-6-22)27-13-11-26(12-14-27)10-9-20-1-3-21(4-2-20)19-24(29)28-15-17-30-18-16-28;/h1-8H,9-19H2;1H. The average Bonchev–Trinajstić information content (AvgIpc) is 2.80. The first-order valence-electron chi connectivity index (χ1n) is 10.8. The van der Waals surface area contributed by atoms with Gasteiger partial charge in [0.25, 0.3) is 0 Å². The van der Waals surface area contributed by atoms with Crippen LogP contribution in [0.15, 0.2) is 48.5 Å². The van der Waals surface area contributed by atoms with Crippen molar-refractivity contribution in [2.45, 2.75) is 12.8 Å². The number of amides is 1. The molecule has 4 rings (SSSR count). The van der Waals surface area contributed by atoms with Crippen molar-refractivity contribution >= 4 is 47.4 Å². The fraction of sp³-hybridized carbons (Fsp3) is 0.458. The maximum Gasteiger partial charge on any atom is 0.227 e. The number of benzene rings is 2. The third kappa shape index (κ3) is 7.04. The summed E-state index contributed by atoms with van der Waals surface area (Å²) in [7, 11) is 0. The van der Waals surface area contributed by atoms with Gasteiger partial charge in [0, 0.05) is 68.0 Å². The Morgan fingerprint density at radius 2 is 1.45 bits per heavy atom. The summed E-state index contributed by atoms with van der Waals surface area (Å²) in [6.07, 6.45) is 1.58. The summed E-state index contributed by atoms with van der Waals surface area (Å²) >= 11 is 7.93. The lowest BCUT2D eigenvalue weighted by Crippen LogP contribution is -2.46. The number of anilines is 1. The first-order chi connectivity index (χ1) is 14.7. The van der Waals surface area contributed by atoms with Crippen LogP contribution in [-0.4, -0.2) is 73.0 Å². The Morgan fingerprint density at radius 3 is 2.10 bits per heavy atom. The van der Waals surface area contributed by atoms with Crippen molar-refractivity contribution in [1.82, 2.24) is 9.80 Å². The molecule has 2 fully saturated rings. The molecule has 1 amide bonds. The van der Waals surface area contributed by atoms with Crippen LogP contribution in [0.2, 0.25) is 5.02 Å². The molecule has 0 spiro atoms. The van der Waals surface area contributed by atoms with Gasteiger partial charge in [-0.15, -0.1) is 12.4 Å². The van der Waals surface area contributed by atoms with Crippen LogP contribution in [0, 0.1) is 0 Å². The number of hydrogen-bond donors (Lipinski definition) is 0. The number of rotatable bonds is 6. The Kier molecular flexibility index (Phi) is 9.39. The molecule has 0 aliphatic carbocycles. The predicted octanol–water partition coefficient (Wildman–Crippen LogP) is 4.24. The number of carbonyl (C=O) groups excluding carboxylic acids is 1. The van der Waals surface area contributed by atoms with Gasteiger partial charge in [0.1, 0.15) is 0 Å². The molecule has 4 nitrogen and oxygen atoms in total. The summed E-state index contributed by atoms with van der Waals surface area (Å²) in [6, 6.07) is 16.8. The molecule has 2 aliphatic rings. The first-order valence-corrected chi connectivity index (χ1v) is 12.4. The maximum atomic E-state index is 12.4. The van der Waals surface area contributed by atoms with Crippen molar-refractivity contribution < 1.29 is 4.79 Å². The predicted molar refractivity (Wildman–Crippen MR) is 135 cm³/mol. The number of piperazine rings is 1. The van der Waals surface area contributed by atoms with Crippen molar-refractivity contribution in [2.75, 3.05) is 62.2 Å². The molecular formula is C24H31Cl2N3OS. The fourth-order valence-corrected chi connectivity index (χ4v) is 5.12. The summed E-state index contributed by atoms with van der Waals surface area (Å²) in [5, 5.41) is 0.790. The van der Waals surface area contributed by atoms with Gasteiger partial charge in [0.05, 0.1) is 6.42 Å². The molecule has 0 unspecified atom stereocenters. The Morgan fingerprint density at radius 1 is 0.839 bits per heavy atom. The molecule has 31 heavy (non-hydrogen) atoms. The van der Waals surface area contributed by atoms with Gasteiger partial charge in [-0.05, 0) is 41.8 Å². The molecule has 0 radical (unpaired) electrons. The van der Waals surface area contributed by atoms with Gasteiger partial charge in [-0.3, -0.25) is 9.69 Å². The highest BCUT2D eigenvalue weighted by atomic mass is 35.5. The summed E-state index contributed by atoms with van der Waals surface area (Å²) in [5.74, 6) is 2.40. The first kappa shape index (κ1) is 24.2. The minimum absolute atomic E-state index is 0. The van der Waals surface area contributed by atoms with Crippen LogP contribution >= 0.6 is 35.8 Å². The van der Waals surface area contributed by atoms with Gasteiger partial charge in [0.15, 0.2) is 0 Å². The number of nitrogens with zero attached hydrogens (tertiary/aromatic N) is 3. The molecule has 0 N–H and O–H groups in total. The summed E-state index contributed by atoms with van der Waals surface area (Å²) in [6.45, 7) is 7.15. The normalized spacial score (nSPS) is 17.3. The van der Waals surface area contributed by atoms with Crippen molar-refractivity contribution in [1.29, 1.82) is 0 Å². The minimum Gasteiger partial charge on any atom is -0.369 e. The molecule has 7 heteroatoms. The highest BCUT2D eigenvalue weighted by Gasteiger charge is 2.18. The Labute approximate surface area is 201 Å². The van der Waals surface area contributed by atoms with Gasteiger partial charge in [-0.25, -0.2) is 0 Å². The van der Waals surface area contributed by atoms with Gasteiger partial charge in [-0.1, -0.05) is 35.9 Å². The highest BCUT2D eigenvalue weighted by molar-refractivity contribution is 7.99.